The number of rotatable bonds is 17. The molecule has 152 valence electrons. The summed E-state index contributed by atoms with van der Waals surface area (Å²) < 4.78 is 0. The lowest BCUT2D eigenvalue weighted by Gasteiger charge is -2.46. The zero-order valence-corrected chi connectivity index (χ0v) is 17.2. The summed E-state index contributed by atoms with van der Waals surface area (Å²) in [4.78, 5) is 64.0. The van der Waals surface area contributed by atoms with E-state index in [0.29, 0.717) is 6.42 Å². The van der Waals surface area contributed by atoms with Crippen molar-refractivity contribution in [2.45, 2.75) is 84.0 Å². The van der Waals surface area contributed by atoms with Crippen LogP contribution in [0, 0.1) is 0 Å². The molecule has 0 aromatic heterocycles. The third kappa shape index (κ3) is 20.7. The van der Waals surface area contributed by atoms with Gasteiger partial charge in [-0.1, -0.05) is 77.6 Å². The summed E-state index contributed by atoms with van der Waals surface area (Å²) in [5.74, 6) is 0. The van der Waals surface area contributed by atoms with Crippen LogP contribution in [-0.4, -0.2) is 28.9 Å². The summed E-state index contributed by atoms with van der Waals surface area (Å²) in [5.41, 5.74) is 0. The number of nitrogens with zero attached hydrogens (tertiary/aromatic N) is 1. The molecule has 0 atom stereocenters. The molecule has 9 heteroatoms. The maximum Gasteiger partial charge on any atom is 0.131 e. The molecule has 0 heterocycles. The monoisotopic (exact) mass is 398 g/mol. The van der Waals surface area contributed by atoms with Crippen LogP contribution in [0.1, 0.15) is 84.0 Å². The zero-order valence-electron chi connectivity index (χ0n) is 15.4. The third-order valence-electron chi connectivity index (χ3n) is 4.08. The van der Waals surface area contributed by atoms with Gasteiger partial charge in [0.2, 0.25) is 0 Å². The van der Waals surface area contributed by atoms with Crippen LogP contribution in [0.5, 0.6) is 0 Å². The Hall–Kier alpha value is 0.580. The molecule has 0 unspecified atom stereocenters. The Kier molecular flexibility index (Phi) is 15.0. The van der Waals surface area contributed by atoms with E-state index in [-0.39, 0.29) is 6.54 Å². The standard InChI is InChI=1S/C16H37NO6P2/c1-2-3-4-5-6-7-8-9-10-11-12-13-14-17(15-24(18,19)20)16-25(21,22)23/h2-16H2,1H3,(H2,18,19,20)(H2,21,22,23)/p-3. The van der Waals surface area contributed by atoms with Crippen molar-refractivity contribution in [3.63, 3.8) is 0 Å². The molecule has 0 aromatic rings. The maximum absolute atomic E-state index is 10.9. The van der Waals surface area contributed by atoms with Crippen LogP contribution in [-0.2, 0) is 0 Å². The van der Waals surface area contributed by atoms with Gasteiger partial charge in [-0.05, 0) is 6.42 Å². The fourth-order valence-corrected chi connectivity index (χ4v) is 4.50. The fourth-order valence-electron chi connectivity index (χ4n) is 2.86. The molecule has 0 bridgehead atoms. The van der Waals surface area contributed by atoms with E-state index in [1.165, 1.54) is 51.4 Å². The van der Waals surface area contributed by atoms with E-state index in [2.05, 4.69) is 6.92 Å². The first kappa shape index (κ1) is 25.6. The molecule has 0 radical (unpaired) electrons. The zero-order chi connectivity index (χ0) is 19.2. The Bertz CT molecular complexity index is 294. The summed E-state index contributed by atoms with van der Waals surface area (Å²) in [6, 6.07) is 0. The molecule has 0 rings (SSSR count). The van der Waals surface area contributed by atoms with Crippen LogP contribution in [0.15, 0.2) is 0 Å². The molecule has 1 N–H and O–H groups in total. The van der Waals surface area contributed by atoms with Crippen LogP contribution < -0.4 is 24.5 Å². The highest BCUT2D eigenvalue weighted by molar-refractivity contribution is 7.56. The summed E-state index contributed by atoms with van der Waals surface area (Å²) in [7, 11) is -9.45. The van der Waals surface area contributed by atoms with E-state index < -0.39 is 28.5 Å². The average molecular weight is 398 g/mol. The number of unbranched alkanes of at least 4 members (excludes halogenated alkanes) is 11. The molecule has 0 aliphatic rings. The molecule has 0 amide bonds. The van der Waals surface area contributed by atoms with Crippen LogP contribution in [0.4, 0.5) is 0 Å². The van der Waals surface area contributed by atoms with Gasteiger partial charge in [-0.2, -0.15) is 0 Å². The Balaban J connectivity index is 3.64. The van der Waals surface area contributed by atoms with Gasteiger partial charge in [0.05, 0.1) is 14.2 Å². The molecule has 0 saturated heterocycles. The van der Waals surface area contributed by atoms with E-state index >= 15 is 0 Å². The molecule has 0 aromatic carbocycles. The van der Waals surface area contributed by atoms with Crippen molar-refractivity contribution in [2.75, 3.05) is 19.1 Å². The second-order valence-electron chi connectivity index (χ2n) is 6.81. The third-order valence-corrected chi connectivity index (χ3v) is 5.58. The smallest absolute Gasteiger partial charge is 0.131 e. The van der Waals surface area contributed by atoms with Gasteiger partial charge in [0.25, 0.3) is 0 Å². The quantitative estimate of drug-likeness (QED) is 0.273. The van der Waals surface area contributed by atoms with E-state index in [0.717, 1.165) is 24.2 Å². The van der Waals surface area contributed by atoms with E-state index in [1.54, 1.807) is 0 Å². The summed E-state index contributed by atoms with van der Waals surface area (Å²) in [6.45, 7) is 2.39. The largest absolute Gasteiger partial charge is 0.687 e. The predicted molar refractivity (Wildman–Crippen MR) is 93.6 cm³/mol. The molecular formula is C16H34NO6P2-3. The van der Waals surface area contributed by atoms with Gasteiger partial charge in [-0.25, -0.2) is 4.90 Å². The summed E-state index contributed by atoms with van der Waals surface area (Å²) in [6.07, 6.45) is 12.1. The van der Waals surface area contributed by atoms with Gasteiger partial charge in [-0.15, -0.1) is 7.94 Å². The lowest BCUT2D eigenvalue weighted by atomic mass is 10.1. The molecule has 0 fully saturated rings. The predicted octanol–water partition coefficient (Wildman–Crippen LogP) is 0.224. The second kappa shape index (κ2) is 14.6. The van der Waals surface area contributed by atoms with Crippen LogP contribution in [0.2, 0.25) is 0 Å². The molecule has 7 nitrogen and oxygen atoms in total. The highest BCUT2D eigenvalue weighted by Crippen LogP contribution is 2.38. The Morgan fingerprint density at radius 3 is 1.40 bits per heavy atom. The van der Waals surface area contributed by atoms with Crippen molar-refractivity contribution in [1.29, 1.82) is 0 Å². The molecule has 0 spiro atoms. The second-order valence-corrected chi connectivity index (χ2v) is 9.88. The van der Waals surface area contributed by atoms with Gasteiger partial charge in [0.15, 0.2) is 0 Å². The van der Waals surface area contributed by atoms with Gasteiger partial charge in [-0.3, -0.25) is 4.89 Å². The van der Waals surface area contributed by atoms with Gasteiger partial charge in [0.1, 0.15) is 6.29 Å². The topological polar surface area (TPSA) is 139 Å². The Labute approximate surface area is 153 Å². The number of hydrogen-bond acceptors (Lipinski definition) is 7. The summed E-state index contributed by atoms with van der Waals surface area (Å²) >= 11 is 0. The molecule has 0 aliphatic carbocycles. The van der Waals surface area contributed by atoms with E-state index in [4.69, 9.17) is 4.89 Å². The van der Waals surface area contributed by atoms with Crippen molar-refractivity contribution in [2.24, 2.45) is 0 Å². The van der Waals surface area contributed by atoms with Crippen molar-refractivity contribution in [1.82, 2.24) is 4.90 Å². The molecule has 0 aliphatic heterocycles. The van der Waals surface area contributed by atoms with E-state index in [9.17, 15) is 24.5 Å². The van der Waals surface area contributed by atoms with Crippen molar-refractivity contribution in [3.05, 3.63) is 0 Å². The van der Waals surface area contributed by atoms with Gasteiger partial charge in [0, 0.05) is 6.54 Å². The normalized spacial score (nSPS) is 13.0. The first-order valence-corrected chi connectivity index (χ1v) is 12.9. The summed E-state index contributed by atoms with van der Waals surface area (Å²) in [5, 5.41) is 0. The SMILES string of the molecule is CCCCCCCCCCCCCCN(C[P+]([O-])([O-])[O-])C[P+]([O-])([O-])O. The van der Waals surface area contributed by atoms with Gasteiger partial charge >= 0.3 is 0 Å². The number of hydrogen-bond donors (Lipinski definition) is 1. The van der Waals surface area contributed by atoms with Crippen molar-refractivity contribution < 1.29 is 29.4 Å². The van der Waals surface area contributed by atoms with Crippen LogP contribution >= 0.6 is 15.9 Å². The van der Waals surface area contributed by atoms with Crippen molar-refractivity contribution in [3.8, 4) is 0 Å². The van der Waals surface area contributed by atoms with Crippen LogP contribution in [0.3, 0.4) is 0 Å². The lowest BCUT2D eigenvalue weighted by Crippen LogP contribution is -2.44. The first-order valence-electron chi connectivity index (χ1n) is 9.40. The highest BCUT2D eigenvalue weighted by Gasteiger charge is 2.18. The fraction of sp³-hybridized carbons (Fsp3) is 1.00. The average Bonchev–Trinajstić information content (AvgIpc) is 2.45. The maximum atomic E-state index is 10.9. The van der Waals surface area contributed by atoms with Crippen LogP contribution in [0.25, 0.3) is 0 Å². The molecular weight excluding hydrogens is 364 g/mol. The van der Waals surface area contributed by atoms with Crippen molar-refractivity contribution >= 4 is 15.9 Å². The Morgan fingerprint density at radius 2 is 1.04 bits per heavy atom. The molecule has 25 heavy (non-hydrogen) atoms. The highest BCUT2D eigenvalue weighted by atomic mass is 31.2. The Morgan fingerprint density at radius 1 is 0.640 bits per heavy atom. The minimum Gasteiger partial charge on any atom is -0.687 e. The lowest BCUT2D eigenvalue weighted by molar-refractivity contribution is -0.429. The minimum atomic E-state index is -4.84. The van der Waals surface area contributed by atoms with Gasteiger partial charge < -0.3 is 24.5 Å². The minimum absolute atomic E-state index is 0.179. The molecule has 0 saturated carbocycles. The van der Waals surface area contributed by atoms with E-state index in [1.807, 2.05) is 0 Å². The first-order chi connectivity index (χ1) is 11.6.